The van der Waals surface area contributed by atoms with Gasteiger partial charge in [0.25, 0.3) is 5.56 Å². The number of benzene rings is 1. The van der Waals surface area contributed by atoms with Gasteiger partial charge in [-0.2, -0.15) is 0 Å². The molecule has 0 radical (unpaired) electrons. The van der Waals surface area contributed by atoms with E-state index >= 15 is 0 Å². The lowest BCUT2D eigenvalue weighted by atomic mass is 9.91. The molecule has 0 amide bonds. The number of hydrogen-bond donors (Lipinski definition) is 2. The Morgan fingerprint density at radius 1 is 1.05 bits per heavy atom. The minimum atomic E-state index is 0.0447. The smallest absolute Gasteiger partial charge is 0.253 e. The molecule has 0 bridgehead atoms. The second kappa shape index (κ2) is 4.67. The van der Waals surface area contributed by atoms with Crippen LogP contribution >= 0.6 is 0 Å². The summed E-state index contributed by atoms with van der Waals surface area (Å²) in [6.45, 7) is 5.84. The summed E-state index contributed by atoms with van der Waals surface area (Å²) in [6, 6.07) is 10.1. The van der Waals surface area contributed by atoms with Crippen molar-refractivity contribution in [1.82, 2.24) is 10.3 Å². The number of aromatic nitrogens is 1. The summed E-state index contributed by atoms with van der Waals surface area (Å²) in [6.07, 6.45) is 0. The van der Waals surface area contributed by atoms with E-state index in [9.17, 15) is 4.79 Å². The van der Waals surface area contributed by atoms with Crippen LogP contribution in [0.1, 0.15) is 36.5 Å². The van der Waals surface area contributed by atoms with Crippen molar-refractivity contribution < 1.29 is 0 Å². The van der Waals surface area contributed by atoms with Crippen LogP contribution in [0.25, 0.3) is 11.3 Å². The van der Waals surface area contributed by atoms with Gasteiger partial charge in [0, 0.05) is 18.7 Å². The largest absolute Gasteiger partial charge is 0.321 e. The van der Waals surface area contributed by atoms with Crippen molar-refractivity contribution in [2.24, 2.45) is 0 Å². The number of hydrogen-bond acceptors (Lipinski definition) is 2. The molecule has 0 unspecified atom stereocenters. The first-order chi connectivity index (χ1) is 9.18. The van der Waals surface area contributed by atoms with Crippen LogP contribution in [0.15, 0.2) is 35.1 Å². The topological polar surface area (TPSA) is 44.9 Å². The number of aromatic amines is 1. The molecule has 0 atom stereocenters. The zero-order valence-electron chi connectivity index (χ0n) is 11.3. The lowest BCUT2D eigenvalue weighted by molar-refractivity contribution is 0.754. The third-order valence-corrected chi connectivity index (χ3v) is 3.71. The first kappa shape index (κ1) is 12.2. The Labute approximate surface area is 112 Å². The summed E-state index contributed by atoms with van der Waals surface area (Å²) in [5.41, 5.74) is 5.47. The van der Waals surface area contributed by atoms with Crippen molar-refractivity contribution in [1.29, 1.82) is 0 Å². The van der Waals surface area contributed by atoms with Crippen LogP contribution in [0.2, 0.25) is 0 Å². The second-order valence-corrected chi connectivity index (χ2v) is 5.32. The van der Waals surface area contributed by atoms with E-state index in [1.54, 1.807) is 0 Å². The first-order valence-electron chi connectivity index (χ1n) is 6.72. The van der Waals surface area contributed by atoms with Gasteiger partial charge in [0.2, 0.25) is 0 Å². The molecule has 1 aliphatic heterocycles. The molecule has 3 rings (SSSR count). The SMILES string of the molecule is CC(C)c1c(-c2ccccc2)[nH]c(=O)c2c1CNC2. The highest BCUT2D eigenvalue weighted by atomic mass is 16.1. The molecular formula is C16H18N2O. The Hall–Kier alpha value is -1.87. The van der Waals surface area contributed by atoms with E-state index in [0.29, 0.717) is 12.5 Å². The monoisotopic (exact) mass is 254 g/mol. The molecule has 0 aliphatic carbocycles. The lowest BCUT2D eigenvalue weighted by Gasteiger charge is -2.17. The average Bonchev–Trinajstić information content (AvgIpc) is 2.88. The van der Waals surface area contributed by atoms with E-state index in [1.165, 1.54) is 11.1 Å². The minimum absolute atomic E-state index is 0.0447. The summed E-state index contributed by atoms with van der Waals surface area (Å²) in [5.74, 6) is 0.390. The van der Waals surface area contributed by atoms with E-state index in [1.807, 2.05) is 30.3 Å². The molecular weight excluding hydrogens is 236 g/mol. The Morgan fingerprint density at radius 2 is 1.74 bits per heavy atom. The van der Waals surface area contributed by atoms with Gasteiger partial charge in [0.15, 0.2) is 0 Å². The number of rotatable bonds is 2. The Kier molecular flexibility index (Phi) is 2.99. The van der Waals surface area contributed by atoms with Crippen molar-refractivity contribution in [3.8, 4) is 11.3 Å². The van der Waals surface area contributed by atoms with E-state index in [0.717, 1.165) is 23.4 Å². The summed E-state index contributed by atoms with van der Waals surface area (Å²) >= 11 is 0. The lowest BCUT2D eigenvalue weighted by Crippen LogP contribution is -2.17. The predicted octanol–water partition coefficient (Wildman–Crippen LogP) is 2.77. The van der Waals surface area contributed by atoms with Crippen LogP contribution in [0.4, 0.5) is 0 Å². The highest BCUT2D eigenvalue weighted by Gasteiger charge is 2.23. The molecule has 2 N–H and O–H groups in total. The quantitative estimate of drug-likeness (QED) is 0.865. The second-order valence-electron chi connectivity index (χ2n) is 5.32. The van der Waals surface area contributed by atoms with Crippen molar-refractivity contribution in [2.45, 2.75) is 32.9 Å². The molecule has 1 aliphatic rings. The zero-order valence-corrected chi connectivity index (χ0v) is 11.3. The van der Waals surface area contributed by atoms with Crippen molar-refractivity contribution in [3.63, 3.8) is 0 Å². The Bertz CT molecular complexity index is 656. The molecule has 3 heteroatoms. The van der Waals surface area contributed by atoms with Crippen LogP contribution in [-0.2, 0) is 13.1 Å². The molecule has 0 fully saturated rings. The number of pyridine rings is 1. The van der Waals surface area contributed by atoms with Crippen molar-refractivity contribution in [3.05, 3.63) is 57.4 Å². The van der Waals surface area contributed by atoms with Crippen LogP contribution in [0, 0.1) is 0 Å². The van der Waals surface area contributed by atoms with Crippen LogP contribution in [0.5, 0.6) is 0 Å². The van der Waals surface area contributed by atoms with Gasteiger partial charge in [0.1, 0.15) is 0 Å². The molecule has 1 aromatic heterocycles. The summed E-state index contributed by atoms with van der Waals surface area (Å²) in [5, 5.41) is 3.28. The Balaban J connectivity index is 2.31. The van der Waals surface area contributed by atoms with Gasteiger partial charge in [0.05, 0.1) is 5.69 Å². The maximum Gasteiger partial charge on any atom is 0.253 e. The highest BCUT2D eigenvalue weighted by molar-refractivity contribution is 5.66. The fourth-order valence-electron chi connectivity index (χ4n) is 2.88. The molecule has 3 nitrogen and oxygen atoms in total. The third-order valence-electron chi connectivity index (χ3n) is 3.71. The van der Waals surface area contributed by atoms with E-state index in [2.05, 4.69) is 24.1 Å². The van der Waals surface area contributed by atoms with Gasteiger partial charge in [-0.25, -0.2) is 0 Å². The zero-order chi connectivity index (χ0) is 13.4. The van der Waals surface area contributed by atoms with E-state index in [4.69, 9.17) is 0 Å². The fraction of sp³-hybridized carbons (Fsp3) is 0.312. The number of fused-ring (bicyclic) bond motifs is 1. The summed E-state index contributed by atoms with van der Waals surface area (Å²) in [4.78, 5) is 15.3. The highest BCUT2D eigenvalue weighted by Crippen LogP contribution is 2.32. The van der Waals surface area contributed by atoms with Gasteiger partial charge >= 0.3 is 0 Å². The minimum Gasteiger partial charge on any atom is -0.321 e. The normalized spacial score (nSPS) is 13.8. The molecule has 0 saturated heterocycles. The van der Waals surface area contributed by atoms with Crippen molar-refractivity contribution >= 4 is 0 Å². The molecule has 0 saturated carbocycles. The Morgan fingerprint density at radius 3 is 2.42 bits per heavy atom. The fourth-order valence-corrected chi connectivity index (χ4v) is 2.88. The van der Waals surface area contributed by atoms with Gasteiger partial charge in [-0.3, -0.25) is 4.79 Å². The summed E-state index contributed by atoms with van der Waals surface area (Å²) < 4.78 is 0. The third kappa shape index (κ3) is 2.00. The molecule has 2 heterocycles. The van der Waals surface area contributed by atoms with E-state index in [-0.39, 0.29) is 5.56 Å². The average molecular weight is 254 g/mol. The number of H-pyrrole nitrogens is 1. The van der Waals surface area contributed by atoms with Gasteiger partial charge in [-0.15, -0.1) is 0 Å². The van der Waals surface area contributed by atoms with Crippen LogP contribution in [-0.4, -0.2) is 4.98 Å². The van der Waals surface area contributed by atoms with Gasteiger partial charge < -0.3 is 10.3 Å². The van der Waals surface area contributed by atoms with Gasteiger partial charge in [-0.05, 0) is 22.6 Å². The van der Waals surface area contributed by atoms with Gasteiger partial charge in [-0.1, -0.05) is 44.2 Å². The van der Waals surface area contributed by atoms with Crippen LogP contribution < -0.4 is 10.9 Å². The molecule has 98 valence electrons. The maximum absolute atomic E-state index is 12.2. The molecule has 2 aromatic rings. The standard InChI is InChI=1S/C16H18N2O/c1-10(2)14-12-8-17-9-13(12)16(19)18-15(14)11-6-4-3-5-7-11/h3-7,10,17H,8-9H2,1-2H3,(H,18,19). The summed E-state index contributed by atoms with van der Waals surface area (Å²) in [7, 11) is 0. The predicted molar refractivity (Wildman–Crippen MR) is 77.1 cm³/mol. The maximum atomic E-state index is 12.2. The van der Waals surface area contributed by atoms with Crippen molar-refractivity contribution in [2.75, 3.05) is 0 Å². The molecule has 0 spiro atoms. The number of nitrogens with one attached hydrogen (secondary N) is 2. The van der Waals surface area contributed by atoms with Crippen LogP contribution in [0.3, 0.4) is 0 Å². The molecule has 1 aromatic carbocycles. The van der Waals surface area contributed by atoms with E-state index < -0.39 is 0 Å². The first-order valence-corrected chi connectivity index (χ1v) is 6.72. The molecule has 19 heavy (non-hydrogen) atoms.